The first-order valence-corrected chi connectivity index (χ1v) is 8.98. The third kappa shape index (κ3) is 7.01. The molecule has 0 aromatic heterocycles. The minimum atomic E-state index is -0.492. The monoisotopic (exact) mass is 369 g/mol. The molecule has 0 saturated heterocycles. The molecule has 2 aromatic carbocycles. The number of carbonyl (C=O) groups is 2. The maximum absolute atomic E-state index is 12.1. The normalized spacial score (nSPS) is 10.4. The van der Waals surface area contributed by atoms with Crippen LogP contribution >= 0.6 is 0 Å². The summed E-state index contributed by atoms with van der Waals surface area (Å²) >= 11 is 0. The molecule has 2 rings (SSSR count). The molecule has 144 valence electrons. The lowest BCUT2D eigenvalue weighted by molar-refractivity contribution is -0.114. The second-order valence-corrected chi connectivity index (χ2v) is 6.90. The number of nitrogens with one attached hydrogen (secondary N) is 3. The average Bonchev–Trinajstić information content (AvgIpc) is 2.62. The Labute approximate surface area is 160 Å². The summed E-state index contributed by atoms with van der Waals surface area (Å²) in [6.07, 6.45) is -0.492. The Hall–Kier alpha value is -3.02. The van der Waals surface area contributed by atoms with Crippen LogP contribution in [0.3, 0.4) is 0 Å². The molecule has 2 amide bonds. The van der Waals surface area contributed by atoms with E-state index in [1.165, 1.54) is 5.56 Å². The Balaban J connectivity index is 1.85. The average molecular weight is 369 g/mol. The zero-order valence-electron chi connectivity index (χ0n) is 16.3. The first kappa shape index (κ1) is 20.3. The molecule has 0 atom stereocenters. The van der Waals surface area contributed by atoms with Gasteiger partial charge >= 0.3 is 6.09 Å². The van der Waals surface area contributed by atoms with E-state index < -0.39 is 6.09 Å². The summed E-state index contributed by atoms with van der Waals surface area (Å²) in [7, 11) is 0. The lowest BCUT2D eigenvalue weighted by Gasteiger charge is -2.11. The van der Waals surface area contributed by atoms with Crippen molar-refractivity contribution in [1.29, 1.82) is 0 Å². The lowest BCUT2D eigenvalue weighted by atomic mass is 10.1. The molecule has 0 saturated carbocycles. The number of hydrogen-bond acceptors (Lipinski definition) is 4. The van der Waals surface area contributed by atoms with Crippen LogP contribution in [-0.2, 0) is 9.53 Å². The molecule has 2 aromatic rings. The molecule has 0 aliphatic carbocycles. The third-order valence-electron chi connectivity index (χ3n) is 3.90. The highest BCUT2D eigenvalue weighted by molar-refractivity contribution is 5.94. The maximum atomic E-state index is 12.1. The second kappa shape index (κ2) is 9.62. The van der Waals surface area contributed by atoms with Gasteiger partial charge in [-0.05, 0) is 61.2 Å². The number of amides is 2. The van der Waals surface area contributed by atoms with Gasteiger partial charge in [-0.15, -0.1) is 0 Å². The van der Waals surface area contributed by atoms with Crippen molar-refractivity contribution >= 4 is 29.1 Å². The molecular formula is C21H27N3O3. The van der Waals surface area contributed by atoms with Gasteiger partial charge in [0.05, 0.1) is 13.2 Å². The molecule has 0 bridgehead atoms. The van der Waals surface area contributed by atoms with Crippen molar-refractivity contribution in [3.05, 3.63) is 53.6 Å². The first-order valence-electron chi connectivity index (χ1n) is 8.98. The Bertz CT molecular complexity index is 803. The predicted octanol–water partition coefficient (Wildman–Crippen LogP) is 4.56. The van der Waals surface area contributed by atoms with E-state index in [9.17, 15) is 9.59 Å². The Kier molecular flexibility index (Phi) is 7.23. The highest BCUT2D eigenvalue weighted by Gasteiger charge is 2.07. The van der Waals surface area contributed by atoms with Gasteiger partial charge in [-0.2, -0.15) is 0 Å². The van der Waals surface area contributed by atoms with Gasteiger partial charge in [0, 0.05) is 17.1 Å². The summed E-state index contributed by atoms with van der Waals surface area (Å²) in [5.74, 6) is 0.132. The fourth-order valence-corrected chi connectivity index (χ4v) is 2.31. The number of benzene rings is 2. The van der Waals surface area contributed by atoms with Crippen LogP contribution in [0.2, 0.25) is 0 Å². The number of aryl methyl sites for hydroxylation is 2. The van der Waals surface area contributed by atoms with E-state index in [4.69, 9.17) is 4.74 Å². The van der Waals surface area contributed by atoms with Crippen LogP contribution in [-0.4, -0.2) is 25.2 Å². The summed E-state index contributed by atoms with van der Waals surface area (Å²) in [5, 5.41) is 8.59. The summed E-state index contributed by atoms with van der Waals surface area (Å²) in [5.41, 5.74) is 4.41. The molecule has 0 aliphatic rings. The second-order valence-electron chi connectivity index (χ2n) is 6.90. The lowest BCUT2D eigenvalue weighted by Crippen LogP contribution is -2.22. The number of anilines is 3. The Morgan fingerprint density at radius 2 is 1.63 bits per heavy atom. The summed E-state index contributed by atoms with van der Waals surface area (Å²) < 4.78 is 5.10. The van der Waals surface area contributed by atoms with Crippen molar-refractivity contribution < 1.29 is 14.3 Å². The van der Waals surface area contributed by atoms with Crippen LogP contribution in [0.4, 0.5) is 21.9 Å². The zero-order chi connectivity index (χ0) is 19.8. The van der Waals surface area contributed by atoms with Gasteiger partial charge in [0.1, 0.15) is 0 Å². The van der Waals surface area contributed by atoms with Gasteiger partial charge in [-0.3, -0.25) is 10.1 Å². The van der Waals surface area contributed by atoms with Gasteiger partial charge < -0.3 is 15.4 Å². The minimum Gasteiger partial charge on any atom is -0.449 e. The summed E-state index contributed by atoms with van der Waals surface area (Å²) in [4.78, 5) is 23.9. The molecule has 0 heterocycles. The van der Waals surface area contributed by atoms with E-state index in [2.05, 4.69) is 16.0 Å². The van der Waals surface area contributed by atoms with Crippen molar-refractivity contribution in [3.8, 4) is 0 Å². The predicted molar refractivity (Wildman–Crippen MR) is 109 cm³/mol. The van der Waals surface area contributed by atoms with Gasteiger partial charge in [-0.25, -0.2) is 4.79 Å². The van der Waals surface area contributed by atoms with E-state index >= 15 is 0 Å². The third-order valence-corrected chi connectivity index (χ3v) is 3.90. The van der Waals surface area contributed by atoms with Gasteiger partial charge in [0.15, 0.2) is 0 Å². The van der Waals surface area contributed by atoms with Gasteiger partial charge in [0.2, 0.25) is 5.91 Å². The standard InChI is InChI=1S/C21H27N3O3/c1-14(2)13-27-21(26)24-18-7-5-6-17(11-18)22-12-20(25)23-19-9-8-15(3)16(4)10-19/h5-11,14,22H,12-13H2,1-4H3,(H,23,25)(H,24,26). The van der Waals surface area contributed by atoms with E-state index in [1.807, 2.05) is 52.0 Å². The van der Waals surface area contributed by atoms with Crippen LogP contribution in [0.5, 0.6) is 0 Å². The van der Waals surface area contributed by atoms with E-state index in [0.29, 0.717) is 12.3 Å². The topological polar surface area (TPSA) is 79.5 Å². The molecule has 6 nitrogen and oxygen atoms in total. The van der Waals surface area contributed by atoms with E-state index in [-0.39, 0.29) is 18.4 Å². The number of rotatable bonds is 7. The van der Waals surface area contributed by atoms with Crippen molar-refractivity contribution in [2.45, 2.75) is 27.7 Å². The maximum Gasteiger partial charge on any atom is 0.411 e. The summed E-state index contributed by atoms with van der Waals surface area (Å²) in [6.45, 7) is 8.47. The van der Waals surface area contributed by atoms with Gasteiger partial charge in [-0.1, -0.05) is 26.0 Å². The van der Waals surface area contributed by atoms with E-state index in [0.717, 1.165) is 16.9 Å². The van der Waals surface area contributed by atoms with Crippen LogP contribution in [0.25, 0.3) is 0 Å². The molecular weight excluding hydrogens is 342 g/mol. The molecule has 6 heteroatoms. The molecule has 0 unspecified atom stereocenters. The SMILES string of the molecule is Cc1ccc(NC(=O)CNc2cccc(NC(=O)OCC(C)C)c2)cc1C. The molecule has 0 spiro atoms. The van der Waals surface area contributed by atoms with Crippen molar-refractivity contribution in [2.24, 2.45) is 5.92 Å². The summed E-state index contributed by atoms with van der Waals surface area (Å²) in [6, 6.07) is 12.9. The highest BCUT2D eigenvalue weighted by atomic mass is 16.5. The zero-order valence-corrected chi connectivity index (χ0v) is 16.3. The highest BCUT2D eigenvalue weighted by Crippen LogP contribution is 2.16. The quantitative estimate of drug-likeness (QED) is 0.668. The van der Waals surface area contributed by atoms with Crippen LogP contribution in [0, 0.1) is 19.8 Å². The van der Waals surface area contributed by atoms with Crippen molar-refractivity contribution in [1.82, 2.24) is 0 Å². The molecule has 0 aliphatic heterocycles. The van der Waals surface area contributed by atoms with Crippen LogP contribution < -0.4 is 16.0 Å². The first-order chi connectivity index (χ1) is 12.8. The fraction of sp³-hybridized carbons (Fsp3) is 0.333. The fourth-order valence-electron chi connectivity index (χ4n) is 2.31. The smallest absolute Gasteiger partial charge is 0.411 e. The van der Waals surface area contributed by atoms with Crippen molar-refractivity contribution in [2.75, 3.05) is 29.1 Å². The Morgan fingerprint density at radius 1 is 0.926 bits per heavy atom. The molecule has 27 heavy (non-hydrogen) atoms. The number of carbonyl (C=O) groups excluding carboxylic acids is 2. The molecule has 0 radical (unpaired) electrons. The number of hydrogen-bond donors (Lipinski definition) is 3. The molecule has 0 fully saturated rings. The largest absolute Gasteiger partial charge is 0.449 e. The van der Waals surface area contributed by atoms with Gasteiger partial charge in [0.25, 0.3) is 0 Å². The van der Waals surface area contributed by atoms with Crippen LogP contribution in [0.1, 0.15) is 25.0 Å². The van der Waals surface area contributed by atoms with Crippen LogP contribution in [0.15, 0.2) is 42.5 Å². The number of ether oxygens (including phenoxy) is 1. The van der Waals surface area contributed by atoms with E-state index in [1.54, 1.807) is 18.2 Å². The van der Waals surface area contributed by atoms with Crippen molar-refractivity contribution in [3.63, 3.8) is 0 Å². The Morgan fingerprint density at radius 3 is 2.33 bits per heavy atom. The minimum absolute atomic E-state index is 0.119. The molecule has 3 N–H and O–H groups in total.